The van der Waals surface area contributed by atoms with E-state index >= 15 is 0 Å². The van der Waals surface area contributed by atoms with Gasteiger partial charge in [-0.2, -0.15) is 11.8 Å². The number of para-hydroxylation sites is 1. The molecule has 5 heteroatoms. The Bertz CT molecular complexity index is 347. The van der Waals surface area contributed by atoms with E-state index in [4.69, 9.17) is 17.3 Å². The minimum absolute atomic E-state index is 0.0323. The molecule has 88 valence electrons. The van der Waals surface area contributed by atoms with E-state index in [2.05, 4.69) is 5.32 Å². The molecule has 0 bridgehead atoms. The zero-order valence-corrected chi connectivity index (χ0v) is 10.5. The number of anilines is 1. The molecular formula is C11H15ClN2OS. The molecule has 1 rings (SSSR count). The molecule has 1 aromatic rings. The molecule has 1 aromatic carbocycles. The maximum absolute atomic E-state index is 11.5. The van der Waals surface area contributed by atoms with E-state index in [1.807, 2.05) is 12.1 Å². The number of hydrogen-bond acceptors (Lipinski definition) is 3. The molecular weight excluding hydrogens is 244 g/mol. The van der Waals surface area contributed by atoms with Gasteiger partial charge in [-0.25, -0.2) is 0 Å². The zero-order chi connectivity index (χ0) is 11.8. The smallest absolute Gasteiger partial charge is 0.234 e. The number of amides is 1. The summed E-state index contributed by atoms with van der Waals surface area (Å²) in [7, 11) is 0. The Morgan fingerprint density at radius 2 is 2.19 bits per heavy atom. The number of carbonyl (C=O) groups is 1. The van der Waals surface area contributed by atoms with Crippen molar-refractivity contribution in [3.63, 3.8) is 0 Å². The summed E-state index contributed by atoms with van der Waals surface area (Å²) in [5.74, 6) is 1.31. The normalized spacial score (nSPS) is 10.1. The summed E-state index contributed by atoms with van der Waals surface area (Å²) in [6.07, 6.45) is 0.935. The second-order valence-corrected chi connectivity index (χ2v) is 4.74. The van der Waals surface area contributed by atoms with Crippen LogP contribution >= 0.6 is 23.4 Å². The standard InChI is InChI=1S/C11H15ClN2OS/c12-9-4-1-2-5-10(9)14-11(15)8-16-7-3-6-13/h1-2,4-5H,3,6-8,13H2,(H,14,15). The van der Waals surface area contributed by atoms with Gasteiger partial charge in [-0.15, -0.1) is 0 Å². The Morgan fingerprint density at radius 3 is 2.88 bits per heavy atom. The number of nitrogens with two attached hydrogens (primary N) is 1. The first-order chi connectivity index (χ1) is 7.74. The second-order valence-electron chi connectivity index (χ2n) is 3.22. The molecule has 0 aliphatic heterocycles. The molecule has 16 heavy (non-hydrogen) atoms. The van der Waals surface area contributed by atoms with Crippen molar-refractivity contribution in [2.24, 2.45) is 5.73 Å². The predicted octanol–water partition coefficient (Wildman–Crippen LogP) is 2.36. The van der Waals surface area contributed by atoms with Crippen LogP contribution in [-0.2, 0) is 4.79 Å². The van der Waals surface area contributed by atoms with Crippen LogP contribution in [0.4, 0.5) is 5.69 Å². The van der Waals surface area contributed by atoms with E-state index in [0.29, 0.717) is 23.0 Å². The lowest BCUT2D eigenvalue weighted by molar-refractivity contribution is -0.113. The summed E-state index contributed by atoms with van der Waals surface area (Å²) >= 11 is 7.49. The molecule has 0 unspecified atom stereocenters. The minimum Gasteiger partial charge on any atom is -0.330 e. The largest absolute Gasteiger partial charge is 0.330 e. The Balaban J connectivity index is 2.32. The van der Waals surface area contributed by atoms with Crippen LogP contribution in [0, 0.1) is 0 Å². The monoisotopic (exact) mass is 258 g/mol. The zero-order valence-electron chi connectivity index (χ0n) is 8.91. The first kappa shape index (κ1) is 13.4. The molecule has 3 nitrogen and oxygen atoms in total. The fourth-order valence-electron chi connectivity index (χ4n) is 1.10. The van der Waals surface area contributed by atoms with Crippen LogP contribution in [0.2, 0.25) is 5.02 Å². The predicted molar refractivity (Wildman–Crippen MR) is 71.1 cm³/mol. The molecule has 0 spiro atoms. The molecule has 1 amide bonds. The molecule has 0 saturated heterocycles. The van der Waals surface area contributed by atoms with Crippen LogP contribution in [0.25, 0.3) is 0 Å². The van der Waals surface area contributed by atoms with Crippen molar-refractivity contribution in [2.75, 3.05) is 23.4 Å². The number of carbonyl (C=O) groups excluding carboxylic acids is 1. The number of benzene rings is 1. The van der Waals surface area contributed by atoms with Gasteiger partial charge in [-0.05, 0) is 30.9 Å². The summed E-state index contributed by atoms with van der Waals surface area (Å²) in [4.78, 5) is 11.5. The lowest BCUT2D eigenvalue weighted by atomic mass is 10.3. The molecule has 0 aliphatic rings. The molecule has 0 fully saturated rings. The Kier molecular flexibility index (Phi) is 6.30. The SMILES string of the molecule is NCCCSCC(=O)Nc1ccccc1Cl. The van der Waals surface area contributed by atoms with Crippen molar-refractivity contribution in [2.45, 2.75) is 6.42 Å². The highest BCUT2D eigenvalue weighted by atomic mass is 35.5. The second kappa shape index (κ2) is 7.54. The minimum atomic E-state index is -0.0323. The van der Waals surface area contributed by atoms with Crippen molar-refractivity contribution < 1.29 is 4.79 Å². The van der Waals surface area contributed by atoms with Crippen LogP contribution in [0.5, 0.6) is 0 Å². The third kappa shape index (κ3) is 4.88. The summed E-state index contributed by atoms with van der Waals surface area (Å²) in [5, 5.41) is 3.32. The fraction of sp³-hybridized carbons (Fsp3) is 0.364. The van der Waals surface area contributed by atoms with Crippen LogP contribution in [-0.4, -0.2) is 24.0 Å². The van der Waals surface area contributed by atoms with Gasteiger partial charge in [0.2, 0.25) is 5.91 Å². The van der Waals surface area contributed by atoms with Crippen LogP contribution in [0.1, 0.15) is 6.42 Å². The van der Waals surface area contributed by atoms with Crippen molar-refractivity contribution in [3.8, 4) is 0 Å². The third-order valence-corrected chi connectivity index (χ3v) is 3.25. The summed E-state index contributed by atoms with van der Waals surface area (Å²) in [5.41, 5.74) is 6.02. The molecule has 0 heterocycles. The van der Waals surface area contributed by atoms with Crippen LogP contribution in [0.15, 0.2) is 24.3 Å². The molecule has 0 aliphatic carbocycles. The number of thioether (sulfide) groups is 1. The van der Waals surface area contributed by atoms with Gasteiger partial charge in [0.25, 0.3) is 0 Å². The van der Waals surface area contributed by atoms with E-state index in [9.17, 15) is 4.79 Å². The van der Waals surface area contributed by atoms with Gasteiger partial charge in [0, 0.05) is 0 Å². The van der Waals surface area contributed by atoms with Crippen molar-refractivity contribution >= 4 is 35.0 Å². The van der Waals surface area contributed by atoms with E-state index < -0.39 is 0 Å². The van der Waals surface area contributed by atoms with Crippen LogP contribution in [0.3, 0.4) is 0 Å². The molecule has 0 aromatic heterocycles. The van der Waals surface area contributed by atoms with Gasteiger partial charge < -0.3 is 11.1 Å². The molecule has 0 atom stereocenters. The number of halogens is 1. The lowest BCUT2D eigenvalue weighted by Gasteiger charge is -2.06. The number of nitrogens with one attached hydrogen (secondary N) is 1. The highest BCUT2D eigenvalue weighted by Crippen LogP contribution is 2.20. The van der Waals surface area contributed by atoms with E-state index in [0.717, 1.165) is 12.2 Å². The third-order valence-electron chi connectivity index (χ3n) is 1.87. The number of hydrogen-bond donors (Lipinski definition) is 2. The molecule has 3 N–H and O–H groups in total. The van der Waals surface area contributed by atoms with Crippen molar-refractivity contribution in [1.82, 2.24) is 0 Å². The highest BCUT2D eigenvalue weighted by molar-refractivity contribution is 7.99. The van der Waals surface area contributed by atoms with Gasteiger partial charge in [-0.1, -0.05) is 23.7 Å². The fourth-order valence-corrected chi connectivity index (χ4v) is 2.05. The quantitative estimate of drug-likeness (QED) is 0.771. The maximum Gasteiger partial charge on any atom is 0.234 e. The number of rotatable bonds is 6. The average Bonchev–Trinajstić information content (AvgIpc) is 2.28. The van der Waals surface area contributed by atoms with Gasteiger partial charge >= 0.3 is 0 Å². The van der Waals surface area contributed by atoms with Gasteiger partial charge in [0.15, 0.2) is 0 Å². The van der Waals surface area contributed by atoms with E-state index in [1.165, 1.54) is 0 Å². The first-order valence-electron chi connectivity index (χ1n) is 5.06. The van der Waals surface area contributed by atoms with Gasteiger partial charge in [0.05, 0.1) is 16.5 Å². The average molecular weight is 259 g/mol. The highest BCUT2D eigenvalue weighted by Gasteiger charge is 2.04. The van der Waals surface area contributed by atoms with Gasteiger partial charge in [-0.3, -0.25) is 4.79 Å². The lowest BCUT2D eigenvalue weighted by Crippen LogP contribution is -2.14. The van der Waals surface area contributed by atoms with Gasteiger partial charge in [0.1, 0.15) is 0 Å². The Morgan fingerprint density at radius 1 is 1.44 bits per heavy atom. The maximum atomic E-state index is 11.5. The van der Waals surface area contributed by atoms with E-state index in [1.54, 1.807) is 23.9 Å². The molecule has 0 saturated carbocycles. The summed E-state index contributed by atoms with van der Waals surface area (Å²) in [6, 6.07) is 7.20. The van der Waals surface area contributed by atoms with Crippen molar-refractivity contribution in [1.29, 1.82) is 0 Å². The molecule has 0 radical (unpaired) electrons. The Labute approximate surface area is 105 Å². The van der Waals surface area contributed by atoms with Crippen LogP contribution < -0.4 is 11.1 Å². The summed E-state index contributed by atoms with van der Waals surface area (Å²) < 4.78 is 0. The topological polar surface area (TPSA) is 55.1 Å². The van der Waals surface area contributed by atoms with Crippen molar-refractivity contribution in [3.05, 3.63) is 29.3 Å². The van der Waals surface area contributed by atoms with E-state index in [-0.39, 0.29) is 5.91 Å². The first-order valence-corrected chi connectivity index (χ1v) is 6.59. The summed E-state index contributed by atoms with van der Waals surface area (Å²) in [6.45, 7) is 0.666. The Hall–Kier alpha value is -0.710.